The summed E-state index contributed by atoms with van der Waals surface area (Å²) in [6.45, 7) is 0.576. The molecule has 2 atom stereocenters. The molecule has 0 radical (unpaired) electrons. The Labute approximate surface area is 106 Å². The minimum atomic E-state index is -0.461. The molecule has 1 aromatic carbocycles. The molecule has 1 aromatic rings. The van der Waals surface area contributed by atoms with Gasteiger partial charge in [0.25, 0.3) is 0 Å². The van der Waals surface area contributed by atoms with E-state index in [4.69, 9.17) is 15.6 Å². The van der Waals surface area contributed by atoms with Crippen molar-refractivity contribution in [2.75, 3.05) is 26.8 Å². The van der Waals surface area contributed by atoms with E-state index >= 15 is 0 Å². The molecule has 0 spiro atoms. The van der Waals surface area contributed by atoms with Crippen molar-refractivity contribution in [3.8, 4) is 5.75 Å². The second kappa shape index (κ2) is 5.37. The summed E-state index contributed by atoms with van der Waals surface area (Å²) in [5, 5.41) is 8.87. The van der Waals surface area contributed by atoms with Crippen molar-refractivity contribution < 1.29 is 14.6 Å². The van der Waals surface area contributed by atoms with E-state index in [0.29, 0.717) is 13.1 Å². The molecule has 18 heavy (non-hydrogen) atoms. The molecule has 1 fully saturated rings. The van der Waals surface area contributed by atoms with Gasteiger partial charge in [-0.3, -0.25) is 4.79 Å². The van der Waals surface area contributed by atoms with Gasteiger partial charge in [0.05, 0.1) is 7.11 Å². The van der Waals surface area contributed by atoms with Crippen LogP contribution in [-0.4, -0.2) is 48.8 Å². The first-order valence-electron chi connectivity index (χ1n) is 5.94. The molecule has 98 valence electrons. The third-order valence-electron chi connectivity index (χ3n) is 3.38. The topological polar surface area (TPSA) is 75.8 Å². The Morgan fingerprint density at radius 3 is 3.00 bits per heavy atom. The number of carbonyl (C=O) groups excluding carboxylic acids is 1. The molecule has 1 aliphatic rings. The van der Waals surface area contributed by atoms with Crippen molar-refractivity contribution in [2.24, 2.45) is 5.73 Å². The zero-order valence-corrected chi connectivity index (χ0v) is 10.4. The summed E-state index contributed by atoms with van der Waals surface area (Å²) in [7, 11) is 1.62. The molecule has 1 aliphatic heterocycles. The fraction of sp³-hybridized carbons (Fsp3) is 0.462. The predicted octanol–water partition coefficient (Wildman–Crippen LogP) is -0.0594. The van der Waals surface area contributed by atoms with Crippen LogP contribution in [0.4, 0.5) is 0 Å². The number of nitrogens with zero attached hydrogens (tertiary/aromatic N) is 1. The zero-order chi connectivity index (χ0) is 13.1. The van der Waals surface area contributed by atoms with E-state index in [2.05, 4.69) is 0 Å². The van der Waals surface area contributed by atoms with E-state index in [-0.39, 0.29) is 17.9 Å². The zero-order valence-electron chi connectivity index (χ0n) is 10.4. The maximum Gasteiger partial charge on any atom is 0.248 e. The Morgan fingerprint density at radius 2 is 2.33 bits per heavy atom. The number of ether oxygens (including phenoxy) is 1. The largest absolute Gasteiger partial charge is 0.497 e. The van der Waals surface area contributed by atoms with Gasteiger partial charge in [-0.05, 0) is 17.7 Å². The second-order valence-electron chi connectivity index (χ2n) is 4.50. The van der Waals surface area contributed by atoms with Crippen LogP contribution in [0.5, 0.6) is 5.75 Å². The number of methoxy groups -OCH3 is 1. The van der Waals surface area contributed by atoms with Crippen LogP contribution in [0.15, 0.2) is 24.3 Å². The Balaban J connectivity index is 2.16. The van der Waals surface area contributed by atoms with Crippen LogP contribution in [0, 0.1) is 0 Å². The number of nitrogens with two attached hydrogens (primary N) is 1. The van der Waals surface area contributed by atoms with Crippen molar-refractivity contribution in [1.29, 1.82) is 0 Å². The summed E-state index contributed by atoms with van der Waals surface area (Å²) < 4.78 is 5.18. The summed E-state index contributed by atoms with van der Waals surface area (Å²) in [6, 6.07) is 7.61. The Morgan fingerprint density at radius 1 is 1.56 bits per heavy atom. The van der Waals surface area contributed by atoms with E-state index in [1.807, 2.05) is 24.3 Å². The van der Waals surface area contributed by atoms with Crippen molar-refractivity contribution in [1.82, 2.24) is 4.90 Å². The molecular weight excluding hydrogens is 232 g/mol. The number of hydrogen-bond donors (Lipinski definition) is 2. The first-order chi connectivity index (χ1) is 8.65. The van der Waals surface area contributed by atoms with Crippen LogP contribution in [0.25, 0.3) is 0 Å². The van der Waals surface area contributed by atoms with Crippen LogP contribution in [0.1, 0.15) is 11.5 Å². The molecule has 1 amide bonds. The molecule has 0 saturated carbocycles. The van der Waals surface area contributed by atoms with E-state index < -0.39 is 6.61 Å². The van der Waals surface area contributed by atoms with Crippen molar-refractivity contribution in [3.63, 3.8) is 0 Å². The van der Waals surface area contributed by atoms with Crippen molar-refractivity contribution in [2.45, 2.75) is 12.0 Å². The number of benzene rings is 1. The van der Waals surface area contributed by atoms with Crippen LogP contribution >= 0.6 is 0 Å². The lowest BCUT2D eigenvalue weighted by atomic mass is 9.95. The van der Waals surface area contributed by atoms with E-state index in [1.165, 1.54) is 0 Å². The molecule has 5 heteroatoms. The maximum absolute atomic E-state index is 11.5. The second-order valence-corrected chi connectivity index (χ2v) is 4.50. The van der Waals surface area contributed by atoms with Crippen molar-refractivity contribution in [3.05, 3.63) is 29.8 Å². The summed E-state index contributed by atoms with van der Waals surface area (Å²) in [5.74, 6) is 0.609. The van der Waals surface area contributed by atoms with Crippen LogP contribution in [-0.2, 0) is 4.79 Å². The number of rotatable bonds is 3. The Bertz CT molecular complexity index is 436. The van der Waals surface area contributed by atoms with Gasteiger partial charge in [0.15, 0.2) is 0 Å². The average Bonchev–Trinajstić information content (AvgIpc) is 2.80. The monoisotopic (exact) mass is 250 g/mol. The first-order valence-corrected chi connectivity index (χ1v) is 5.94. The van der Waals surface area contributed by atoms with Crippen LogP contribution in [0.2, 0.25) is 0 Å². The van der Waals surface area contributed by atoms with Gasteiger partial charge in [0.1, 0.15) is 12.4 Å². The predicted molar refractivity (Wildman–Crippen MR) is 67.4 cm³/mol. The van der Waals surface area contributed by atoms with Crippen LogP contribution < -0.4 is 10.5 Å². The third-order valence-corrected chi connectivity index (χ3v) is 3.38. The minimum Gasteiger partial charge on any atom is -0.497 e. The fourth-order valence-electron chi connectivity index (χ4n) is 2.36. The fourth-order valence-corrected chi connectivity index (χ4v) is 2.36. The van der Waals surface area contributed by atoms with Gasteiger partial charge in [0, 0.05) is 25.0 Å². The number of amides is 1. The molecule has 2 rings (SSSR count). The highest BCUT2D eigenvalue weighted by atomic mass is 16.5. The lowest BCUT2D eigenvalue weighted by Gasteiger charge is -2.16. The number of aliphatic hydroxyl groups excluding tert-OH is 1. The molecule has 0 aromatic heterocycles. The molecule has 0 aliphatic carbocycles. The molecule has 0 bridgehead atoms. The molecule has 3 N–H and O–H groups in total. The minimum absolute atomic E-state index is 0.0931. The normalized spacial score (nSPS) is 23.2. The molecule has 0 unspecified atom stereocenters. The van der Waals surface area contributed by atoms with Crippen LogP contribution in [0.3, 0.4) is 0 Å². The van der Waals surface area contributed by atoms with Gasteiger partial charge in [-0.15, -0.1) is 0 Å². The van der Waals surface area contributed by atoms with E-state index in [1.54, 1.807) is 12.0 Å². The van der Waals surface area contributed by atoms with E-state index in [0.717, 1.165) is 11.3 Å². The third kappa shape index (κ3) is 2.47. The SMILES string of the molecule is COc1cccc([C@H]2CN(C(=O)CO)C[C@@H]2N)c1. The van der Waals surface area contributed by atoms with Gasteiger partial charge in [0.2, 0.25) is 5.91 Å². The average molecular weight is 250 g/mol. The lowest BCUT2D eigenvalue weighted by Crippen LogP contribution is -2.33. The summed E-state index contributed by atoms with van der Waals surface area (Å²) in [5.41, 5.74) is 7.13. The molecule has 5 nitrogen and oxygen atoms in total. The standard InChI is InChI=1S/C13H18N2O3/c1-18-10-4-2-3-9(5-10)11-6-15(7-12(11)14)13(17)8-16/h2-5,11-12,16H,6-8,14H2,1H3/t11-,12+/m1/s1. The summed E-state index contributed by atoms with van der Waals surface area (Å²) in [4.78, 5) is 13.1. The number of aliphatic hydroxyl groups is 1. The highest BCUT2D eigenvalue weighted by molar-refractivity contribution is 5.77. The van der Waals surface area contributed by atoms with E-state index in [9.17, 15) is 4.79 Å². The first kappa shape index (κ1) is 12.9. The maximum atomic E-state index is 11.5. The number of carbonyl (C=O) groups is 1. The number of likely N-dealkylation sites (tertiary alicyclic amines) is 1. The molecule has 1 saturated heterocycles. The van der Waals surface area contributed by atoms with Gasteiger partial charge in [-0.2, -0.15) is 0 Å². The van der Waals surface area contributed by atoms with Gasteiger partial charge in [-0.25, -0.2) is 0 Å². The highest BCUT2D eigenvalue weighted by Gasteiger charge is 2.33. The lowest BCUT2D eigenvalue weighted by molar-refractivity contribution is -0.133. The quantitative estimate of drug-likeness (QED) is 0.788. The van der Waals surface area contributed by atoms with Gasteiger partial charge < -0.3 is 20.5 Å². The highest BCUT2D eigenvalue weighted by Crippen LogP contribution is 2.28. The smallest absolute Gasteiger partial charge is 0.248 e. The molecule has 1 heterocycles. The number of hydrogen-bond acceptors (Lipinski definition) is 4. The van der Waals surface area contributed by atoms with Crippen molar-refractivity contribution >= 4 is 5.91 Å². The summed E-state index contributed by atoms with van der Waals surface area (Å²) >= 11 is 0. The summed E-state index contributed by atoms with van der Waals surface area (Å²) in [6.07, 6.45) is 0. The van der Waals surface area contributed by atoms with Gasteiger partial charge in [-0.1, -0.05) is 12.1 Å². The Kier molecular flexibility index (Phi) is 3.84. The molecular formula is C13H18N2O3. The Hall–Kier alpha value is -1.59. The van der Waals surface area contributed by atoms with Gasteiger partial charge >= 0.3 is 0 Å².